The number of methoxy groups -OCH3 is 1. The van der Waals surface area contributed by atoms with Gasteiger partial charge in [-0.3, -0.25) is 0 Å². The van der Waals surface area contributed by atoms with Crippen molar-refractivity contribution >= 4 is 21.6 Å². The Balaban J connectivity index is 1.79. The fourth-order valence-corrected chi connectivity index (χ4v) is 4.27. The van der Waals surface area contributed by atoms with E-state index in [-0.39, 0.29) is 17.2 Å². The monoisotopic (exact) mass is 404 g/mol. The van der Waals surface area contributed by atoms with Crippen LogP contribution in [-0.4, -0.2) is 20.1 Å². The van der Waals surface area contributed by atoms with Crippen molar-refractivity contribution in [2.45, 2.75) is 24.9 Å². The van der Waals surface area contributed by atoms with Gasteiger partial charge < -0.3 is 9.30 Å². The maximum Gasteiger partial charge on any atom is 0.244 e. The van der Waals surface area contributed by atoms with E-state index in [9.17, 15) is 8.42 Å². The molecular formula is C20H21ClN2O3S. The molecule has 0 amide bonds. The van der Waals surface area contributed by atoms with Gasteiger partial charge in [0.1, 0.15) is 10.6 Å². The van der Waals surface area contributed by atoms with E-state index < -0.39 is 10.0 Å². The molecule has 3 rings (SSSR count). The van der Waals surface area contributed by atoms with Gasteiger partial charge in [-0.1, -0.05) is 35.9 Å². The van der Waals surface area contributed by atoms with Crippen LogP contribution in [0.25, 0.3) is 0 Å². The minimum absolute atomic E-state index is 0.0227. The van der Waals surface area contributed by atoms with Crippen LogP contribution in [0.2, 0.25) is 5.02 Å². The Hall–Kier alpha value is -2.28. The van der Waals surface area contributed by atoms with Gasteiger partial charge in [0.15, 0.2) is 0 Å². The van der Waals surface area contributed by atoms with Gasteiger partial charge in [0.05, 0.1) is 13.7 Å². The summed E-state index contributed by atoms with van der Waals surface area (Å²) >= 11 is 5.96. The van der Waals surface area contributed by atoms with E-state index in [0.29, 0.717) is 11.6 Å². The summed E-state index contributed by atoms with van der Waals surface area (Å²) in [5.74, 6) is 0.252. The summed E-state index contributed by atoms with van der Waals surface area (Å²) in [5, 5.41) is 0.333. The third-order valence-electron chi connectivity index (χ3n) is 4.38. The Morgan fingerprint density at radius 3 is 2.63 bits per heavy atom. The van der Waals surface area contributed by atoms with Gasteiger partial charge in [-0.15, -0.1) is 0 Å². The second-order valence-corrected chi connectivity index (χ2v) is 8.35. The average Bonchev–Trinajstić information content (AvgIpc) is 3.09. The standard InChI is InChI=1S/C20H21ClN2O3S/c1-15-6-3-4-7-16(15)14-23-11-5-8-18(23)13-22-27(24,25)20-12-17(21)9-10-19(20)26-2/h3-12,22H,13-14H2,1-2H3. The van der Waals surface area contributed by atoms with Gasteiger partial charge in [-0.05, 0) is 48.4 Å². The molecule has 0 aliphatic carbocycles. The van der Waals surface area contributed by atoms with E-state index in [2.05, 4.69) is 23.8 Å². The van der Waals surface area contributed by atoms with Crippen LogP contribution in [0, 0.1) is 6.92 Å². The average molecular weight is 405 g/mol. The van der Waals surface area contributed by atoms with Crippen molar-refractivity contribution in [2.24, 2.45) is 0 Å². The largest absolute Gasteiger partial charge is 0.495 e. The molecule has 3 aromatic rings. The molecule has 142 valence electrons. The van der Waals surface area contributed by atoms with Crippen LogP contribution in [0.1, 0.15) is 16.8 Å². The highest BCUT2D eigenvalue weighted by Gasteiger charge is 2.20. The molecule has 5 nitrogen and oxygen atoms in total. The Morgan fingerprint density at radius 2 is 1.89 bits per heavy atom. The lowest BCUT2D eigenvalue weighted by atomic mass is 10.1. The number of ether oxygens (including phenoxy) is 1. The minimum Gasteiger partial charge on any atom is -0.495 e. The zero-order chi connectivity index (χ0) is 19.4. The SMILES string of the molecule is COc1ccc(Cl)cc1S(=O)(=O)NCc1cccn1Cc1ccccc1C. The molecule has 0 spiro atoms. The van der Waals surface area contributed by atoms with Gasteiger partial charge in [-0.25, -0.2) is 13.1 Å². The molecule has 1 heterocycles. The molecule has 0 radical (unpaired) electrons. The van der Waals surface area contributed by atoms with Crippen LogP contribution >= 0.6 is 11.6 Å². The van der Waals surface area contributed by atoms with Crippen molar-refractivity contribution in [3.63, 3.8) is 0 Å². The van der Waals surface area contributed by atoms with E-state index >= 15 is 0 Å². The first kappa shape index (κ1) is 19.5. The van der Waals surface area contributed by atoms with Crippen molar-refractivity contribution in [2.75, 3.05) is 7.11 Å². The number of nitrogens with one attached hydrogen (secondary N) is 1. The fraction of sp³-hybridized carbons (Fsp3) is 0.200. The lowest BCUT2D eigenvalue weighted by Crippen LogP contribution is -2.25. The third kappa shape index (κ3) is 4.53. The van der Waals surface area contributed by atoms with Gasteiger partial charge in [0.2, 0.25) is 10.0 Å². The Labute approximate surface area is 164 Å². The Bertz CT molecular complexity index is 1040. The van der Waals surface area contributed by atoms with Crippen LogP contribution < -0.4 is 9.46 Å². The first-order valence-corrected chi connectivity index (χ1v) is 10.3. The van der Waals surface area contributed by atoms with Gasteiger partial charge in [-0.2, -0.15) is 0 Å². The van der Waals surface area contributed by atoms with Crippen LogP contribution in [0.3, 0.4) is 0 Å². The number of hydrogen-bond acceptors (Lipinski definition) is 3. The van der Waals surface area contributed by atoms with E-state index in [4.69, 9.17) is 16.3 Å². The molecular weight excluding hydrogens is 384 g/mol. The number of benzene rings is 2. The molecule has 0 saturated carbocycles. The molecule has 27 heavy (non-hydrogen) atoms. The number of hydrogen-bond donors (Lipinski definition) is 1. The van der Waals surface area contributed by atoms with Crippen molar-refractivity contribution in [3.8, 4) is 5.75 Å². The Morgan fingerprint density at radius 1 is 1.11 bits per heavy atom. The first-order valence-electron chi connectivity index (χ1n) is 8.42. The normalized spacial score (nSPS) is 11.5. The second kappa shape index (κ2) is 8.17. The summed E-state index contributed by atoms with van der Waals surface area (Å²) in [4.78, 5) is 0.0227. The van der Waals surface area contributed by atoms with Crippen molar-refractivity contribution in [1.82, 2.24) is 9.29 Å². The molecule has 0 saturated heterocycles. The smallest absolute Gasteiger partial charge is 0.244 e. The van der Waals surface area contributed by atoms with Crippen molar-refractivity contribution in [3.05, 3.63) is 82.6 Å². The van der Waals surface area contributed by atoms with E-state index in [1.54, 1.807) is 6.07 Å². The number of aryl methyl sites for hydroxylation is 1. The second-order valence-electron chi connectivity index (χ2n) is 6.17. The minimum atomic E-state index is -3.77. The number of rotatable bonds is 7. The predicted molar refractivity (Wildman–Crippen MR) is 107 cm³/mol. The molecule has 0 aliphatic rings. The molecule has 2 aromatic carbocycles. The van der Waals surface area contributed by atoms with Gasteiger partial charge in [0, 0.05) is 23.5 Å². The molecule has 0 bridgehead atoms. The summed E-state index contributed by atoms with van der Waals surface area (Å²) in [6.45, 7) is 2.90. The van der Waals surface area contributed by atoms with Gasteiger partial charge >= 0.3 is 0 Å². The highest BCUT2D eigenvalue weighted by atomic mass is 35.5. The van der Waals surface area contributed by atoms with Crippen LogP contribution in [0.15, 0.2) is 65.7 Å². The van der Waals surface area contributed by atoms with E-state index in [0.717, 1.165) is 5.69 Å². The topological polar surface area (TPSA) is 60.3 Å². The lowest BCUT2D eigenvalue weighted by molar-refractivity contribution is 0.402. The number of sulfonamides is 1. The molecule has 1 aromatic heterocycles. The van der Waals surface area contributed by atoms with Crippen molar-refractivity contribution in [1.29, 1.82) is 0 Å². The molecule has 7 heteroatoms. The number of halogens is 1. The number of aromatic nitrogens is 1. The third-order valence-corrected chi connectivity index (χ3v) is 6.04. The summed E-state index contributed by atoms with van der Waals surface area (Å²) in [7, 11) is -2.35. The maximum atomic E-state index is 12.7. The predicted octanol–water partition coefficient (Wildman–Crippen LogP) is 3.99. The summed E-state index contributed by atoms with van der Waals surface area (Å²) in [6, 6.07) is 16.5. The molecule has 1 N–H and O–H groups in total. The molecule has 0 unspecified atom stereocenters. The van der Waals surface area contributed by atoms with E-state index in [1.165, 1.54) is 30.4 Å². The zero-order valence-corrected chi connectivity index (χ0v) is 16.7. The summed E-state index contributed by atoms with van der Waals surface area (Å²) < 4.78 is 35.3. The van der Waals surface area contributed by atoms with Crippen molar-refractivity contribution < 1.29 is 13.2 Å². The molecule has 0 fully saturated rings. The van der Waals surface area contributed by atoms with Crippen LogP contribution in [-0.2, 0) is 23.1 Å². The summed E-state index contributed by atoms with van der Waals surface area (Å²) in [5.41, 5.74) is 3.25. The Kier molecular flexibility index (Phi) is 5.89. The molecule has 0 aliphatic heterocycles. The zero-order valence-electron chi connectivity index (χ0n) is 15.1. The maximum absolute atomic E-state index is 12.7. The molecule has 0 atom stereocenters. The summed E-state index contributed by atoms with van der Waals surface area (Å²) in [6.07, 6.45) is 1.94. The van der Waals surface area contributed by atoms with E-state index in [1.807, 2.05) is 35.0 Å². The first-order chi connectivity index (χ1) is 12.9. The fourth-order valence-electron chi connectivity index (χ4n) is 2.84. The lowest BCUT2D eigenvalue weighted by Gasteiger charge is -2.14. The highest BCUT2D eigenvalue weighted by molar-refractivity contribution is 7.89. The highest BCUT2D eigenvalue weighted by Crippen LogP contribution is 2.27. The van der Waals surface area contributed by atoms with Crippen LogP contribution in [0.5, 0.6) is 5.75 Å². The van der Waals surface area contributed by atoms with Crippen LogP contribution in [0.4, 0.5) is 0 Å². The van der Waals surface area contributed by atoms with Gasteiger partial charge in [0.25, 0.3) is 0 Å². The number of nitrogens with zero attached hydrogens (tertiary/aromatic N) is 1. The quantitative estimate of drug-likeness (QED) is 0.647.